The standard InChI is InChI=1S/C10H16NO2Si/c1-8(11)9-6-4-5-7-10(9)14(12-2)13-3/h4-8H,11H2,1-3H3. The second-order valence-corrected chi connectivity index (χ2v) is 5.00. The van der Waals surface area contributed by atoms with Crippen LogP contribution in [0.15, 0.2) is 24.3 Å². The van der Waals surface area contributed by atoms with Crippen molar-refractivity contribution in [1.82, 2.24) is 0 Å². The molecule has 1 atom stereocenters. The monoisotopic (exact) mass is 210 g/mol. The molecule has 0 spiro atoms. The Balaban J connectivity index is 3.05. The fourth-order valence-electron chi connectivity index (χ4n) is 1.38. The molecule has 0 saturated heterocycles. The number of nitrogens with two attached hydrogens (primary N) is 1. The van der Waals surface area contributed by atoms with E-state index >= 15 is 0 Å². The Morgan fingerprint density at radius 1 is 1.21 bits per heavy atom. The molecule has 1 aromatic rings. The lowest BCUT2D eigenvalue weighted by Gasteiger charge is -2.16. The molecule has 1 radical (unpaired) electrons. The molecule has 0 bridgehead atoms. The van der Waals surface area contributed by atoms with Gasteiger partial charge in [0.05, 0.1) is 0 Å². The van der Waals surface area contributed by atoms with Gasteiger partial charge < -0.3 is 14.6 Å². The second-order valence-electron chi connectivity index (χ2n) is 3.07. The van der Waals surface area contributed by atoms with Gasteiger partial charge in [-0.1, -0.05) is 24.3 Å². The maximum absolute atomic E-state index is 5.87. The summed E-state index contributed by atoms with van der Waals surface area (Å²) in [6.45, 7) is 1.96. The van der Waals surface area contributed by atoms with Crippen LogP contribution < -0.4 is 10.9 Å². The van der Waals surface area contributed by atoms with Crippen LogP contribution in [0.1, 0.15) is 18.5 Å². The zero-order valence-electron chi connectivity index (χ0n) is 8.78. The lowest BCUT2D eigenvalue weighted by molar-refractivity contribution is 0.291. The van der Waals surface area contributed by atoms with E-state index in [-0.39, 0.29) is 6.04 Å². The van der Waals surface area contributed by atoms with Crippen molar-refractivity contribution >= 4 is 14.5 Å². The Labute approximate surface area is 86.7 Å². The highest BCUT2D eigenvalue weighted by atomic mass is 28.3. The van der Waals surface area contributed by atoms with Crippen LogP contribution in [0.3, 0.4) is 0 Å². The molecule has 1 unspecified atom stereocenters. The van der Waals surface area contributed by atoms with Crippen molar-refractivity contribution in [3.63, 3.8) is 0 Å². The number of benzene rings is 1. The lowest BCUT2D eigenvalue weighted by atomic mass is 10.1. The number of hydrogen-bond donors (Lipinski definition) is 1. The smallest absolute Gasteiger partial charge is 0.393 e. The number of hydrogen-bond acceptors (Lipinski definition) is 3. The second kappa shape index (κ2) is 5.26. The van der Waals surface area contributed by atoms with Crippen molar-refractivity contribution in [2.45, 2.75) is 13.0 Å². The highest BCUT2D eigenvalue weighted by molar-refractivity contribution is 6.61. The minimum atomic E-state index is -1.36. The Morgan fingerprint density at radius 2 is 1.79 bits per heavy atom. The summed E-state index contributed by atoms with van der Waals surface area (Å²) in [6, 6.07) is 8.00. The normalized spacial score (nSPS) is 13.2. The van der Waals surface area contributed by atoms with Crippen molar-refractivity contribution in [1.29, 1.82) is 0 Å². The molecular weight excluding hydrogens is 194 g/mol. The molecule has 0 aromatic heterocycles. The first kappa shape index (κ1) is 11.4. The summed E-state index contributed by atoms with van der Waals surface area (Å²) in [7, 11) is 1.97. The van der Waals surface area contributed by atoms with Crippen molar-refractivity contribution in [2.24, 2.45) is 5.73 Å². The molecule has 4 heteroatoms. The average Bonchev–Trinajstić information content (AvgIpc) is 2.20. The van der Waals surface area contributed by atoms with Crippen LogP contribution >= 0.6 is 0 Å². The Kier molecular flexibility index (Phi) is 4.28. The summed E-state index contributed by atoms with van der Waals surface area (Å²) >= 11 is 0. The SMILES string of the molecule is CO[Si](OC)c1ccccc1C(C)N. The molecule has 77 valence electrons. The first-order chi connectivity index (χ1) is 6.70. The molecular formula is C10H16NO2Si. The highest BCUT2D eigenvalue weighted by Gasteiger charge is 2.20. The van der Waals surface area contributed by atoms with Gasteiger partial charge in [-0.3, -0.25) is 0 Å². The molecule has 0 aliphatic carbocycles. The molecule has 14 heavy (non-hydrogen) atoms. The van der Waals surface area contributed by atoms with Crippen LogP contribution in [0.4, 0.5) is 0 Å². The molecule has 0 amide bonds. The molecule has 3 nitrogen and oxygen atoms in total. The Bertz CT molecular complexity index is 287. The van der Waals surface area contributed by atoms with Gasteiger partial charge in [-0.25, -0.2) is 0 Å². The van der Waals surface area contributed by atoms with E-state index in [0.717, 1.165) is 10.8 Å². The molecule has 0 saturated carbocycles. The minimum Gasteiger partial charge on any atom is -0.393 e. The Hall–Kier alpha value is -0.683. The molecule has 0 fully saturated rings. The van der Waals surface area contributed by atoms with Crippen LogP contribution in [0.5, 0.6) is 0 Å². The van der Waals surface area contributed by atoms with E-state index < -0.39 is 9.28 Å². The third kappa shape index (κ3) is 2.42. The van der Waals surface area contributed by atoms with E-state index in [2.05, 4.69) is 0 Å². The van der Waals surface area contributed by atoms with Crippen LogP contribution in [0, 0.1) is 0 Å². The van der Waals surface area contributed by atoms with E-state index in [1.807, 2.05) is 31.2 Å². The molecule has 2 N–H and O–H groups in total. The first-order valence-corrected chi connectivity index (χ1v) is 5.82. The van der Waals surface area contributed by atoms with Gasteiger partial charge in [0.25, 0.3) is 0 Å². The van der Waals surface area contributed by atoms with Crippen LogP contribution in [0.25, 0.3) is 0 Å². The minimum absolute atomic E-state index is 0.0106. The molecule has 0 aliphatic heterocycles. The number of rotatable bonds is 4. The summed E-state index contributed by atoms with van der Waals surface area (Å²) in [5.74, 6) is 0. The average molecular weight is 210 g/mol. The maximum Gasteiger partial charge on any atom is 0.423 e. The van der Waals surface area contributed by atoms with E-state index in [0.29, 0.717) is 0 Å². The van der Waals surface area contributed by atoms with E-state index in [1.165, 1.54) is 0 Å². The molecule has 1 rings (SSSR count). The molecule has 1 aromatic carbocycles. The van der Waals surface area contributed by atoms with Gasteiger partial charge in [-0.05, 0) is 12.5 Å². The third-order valence-electron chi connectivity index (χ3n) is 2.04. The third-order valence-corrected chi connectivity index (χ3v) is 3.68. The van der Waals surface area contributed by atoms with Gasteiger partial charge in [-0.15, -0.1) is 0 Å². The van der Waals surface area contributed by atoms with Crippen molar-refractivity contribution in [2.75, 3.05) is 14.2 Å². The van der Waals surface area contributed by atoms with Gasteiger partial charge in [0.2, 0.25) is 0 Å². The molecule has 0 aliphatic rings. The topological polar surface area (TPSA) is 44.5 Å². The quantitative estimate of drug-likeness (QED) is 0.744. The largest absolute Gasteiger partial charge is 0.423 e. The van der Waals surface area contributed by atoms with Crippen LogP contribution in [-0.2, 0) is 8.85 Å². The summed E-state index contributed by atoms with van der Waals surface area (Å²) < 4.78 is 10.6. The van der Waals surface area contributed by atoms with Gasteiger partial charge in [0.1, 0.15) is 0 Å². The Morgan fingerprint density at radius 3 is 2.29 bits per heavy atom. The van der Waals surface area contributed by atoms with Crippen LogP contribution in [-0.4, -0.2) is 23.5 Å². The van der Waals surface area contributed by atoms with Crippen molar-refractivity contribution < 1.29 is 8.85 Å². The summed E-state index contributed by atoms with van der Waals surface area (Å²) in [5, 5.41) is 1.09. The van der Waals surface area contributed by atoms with E-state index in [1.54, 1.807) is 14.2 Å². The predicted molar refractivity (Wildman–Crippen MR) is 58.5 cm³/mol. The fourth-order valence-corrected chi connectivity index (χ4v) is 2.77. The highest BCUT2D eigenvalue weighted by Crippen LogP contribution is 2.07. The predicted octanol–water partition coefficient (Wildman–Crippen LogP) is 0.694. The van der Waals surface area contributed by atoms with Gasteiger partial charge in [0.15, 0.2) is 0 Å². The zero-order valence-corrected chi connectivity index (χ0v) is 9.78. The lowest BCUT2D eigenvalue weighted by Crippen LogP contribution is -2.38. The van der Waals surface area contributed by atoms with Crippen molar-refractivity contribution in [3.8, 4) is 0 Å². The van der Waals surface area contributed by atoms with Gasteiger partial charge in [0, 0.05) is 25.4 Å². The summed E-state index contributed by atoms with van der Waals surface area (Å²) in [5.41, 5.74) is 6.97. The van der Waals surface area contributed by atoms with Crippen molar-refractivity contribution in [3.05, 3.63) is 29.8 Å². The zero-order chi connectivity index (χ0) is 10.6. The van der Waals surface area contributed by atoms with Gasteiger partial charge in [-0.2, -0.15) is 0 Å². The molecule has 0 heterocycles. The van der Waals surface area contributed by atoms with Gasteiger partial charge >= 0.3 is 9.28 Å². The van der Waals surface area contributed by atoms with E-state index in [9.17, 15) is 0 Å². The van der Waals surface area contributed by atoms with Crippen LogP contribution in [0.2, 0.25) is 0 Å². The maximum atomic E-state index is 5.87. The summed E-state index contributed by atoms with van der Waals surface area (Å²) in [6.07, 6.45) is 0. The fraction of sp³-hybridized carbons (Fsp3) is 0.400. The summed E-state index contributed by atoms with van der Waals surface area (Å²) in [4.78, 5) is 0. The first-order valence-electron chi connectivity index (χ1n) is 4.50. The van der Waals surface area contributed by atoms with E-state index in [4.69, 9.17) is 14.6 Å².